The van der Waals surface area contributed by atoms with Gasteiger partial charge in [0.2, 0.25) is 0 Å². The van der Waals surface area contributed by atoms with Gasteiger partial charge in [0.1, 0.15) is 5.01 Å². The van der Waals surface area contributed by atoms with Crippen LogP contribution in [0.1, 0.15) is 49.7 Å². The van der Waals surface area contributed by atoms with Gasteiger partial charge in [-0.3, -0.25) is 14.2 Å². The van der Waals surface area contributed by atoms with Gasteiger partial charge in [-0.2, -0.15) is 0 Å². The number of rotatable bonds is 6. The highest BCUT2D eigenvalue weighted by Crippen LogP contribution is 2.38. The van der Waals surface area contributed by atoms with E-state index in [4.69, 9.17) is 16.6 Å². The number of benzene rings is 2. The Morgan fingerprint density at radius 1 is 1.06 bits per heavy atom. The second-order valence-corrected chi connectivity index (χ2v) is 12.3. The summed E-state index contributed by atoms with van der Waals surface area (Å²) in [7, 11) is 0. The van der Waals surface area contributed by atoms with Crippen molar-refractivity contribution in [1.29, 1.82) is 0 Å². The Morgan fingerprint density at radius 2 is 1.81 bits per heavy atom. The molecular formula is C29H27ClN2O2S2. The van der Waals surface area contributed by atoms with Crippen LogP contribution >= 0.6 is 34.7 Å². The smallest absolute Gasteiger partial charge is 0.265 e. The Balaban J connectivity index is 1.72. The number of aromatic nitrogens is 2. The lowest BCUT2D eigenvalue weighted by Crippen LogP contribution is -2.35. The number of nitrogens with zero attached hydrogens (tertiary/aromatic N) is 2. The predicted molar refractivity (Wildman–Crippen MR) is 151 cm³/mol. The second kappa shape index (κ2) is 10.0. The van der Waals surface area contributed by atoms with E-state index in [2.05, 4.69) is 26.8 Å². The normalized spacial score (nSPS) is 14.6. The van der Waals surface area contributed by atoms with Crippen molar-refractivity contribution in [3.8, 4) is 27.5 Å². The number of para-hydroxylation sites is 1. The van der Waals surface area contributed by atoms with E-state index in [1.165, 1.54) is 11.3 Å². The van der Waals surface area contributed by atoms with Crippen LogP contribution in [-0.4, -0.2) is 21.1 Å². The van der Waals surface area contributed by atoms with Gasteiger partial charge in [0.25, 0.3) is 5.56 Å². The third-order valence-corrected chi connectivity index (χ3v) is 8.73. The van der Waals surface area contributed by atoms with E-state index < -0.39 is 0 Å². The first-order valence-electron chi connectivity index (χ1n) is 12.0. The number of thioether (sulfide) groups is 1. The number of carbonyl (C=O) groups excluding carboxylic acids is 1. The molecule has 2 heterocycles. The maximum absolute atomic E-state index is 14.2. The minimum Gasteiger partial charge on any atom is -0.294 e. The molecule has 0 spiro atoms. The Kier molecular flexibility index (Phi) is 6.95. The highest BCUT2D eigenvalue weighted by molar-refractivity contribution is 7.99. The third kappa shape index (κ3) is 4.82. The van der Waals surface area contributed by atoms with Crippen molar-refractivity contribution in [2.45, 2.75) is 44.9 Å². The van der Waals surface area contributed by atoms with Gasteiger partial charge in [0.05, 0.1) is 16.9 Å². The quantitative estimate of drug-likeness (QED) is 0.236. The minimum atomic E-state index is -0.214. The van der Waals surface area contributed by atoms with E-state index in [0.29, 0.717) is 34.0 Å². The zero-order chi connectivity index (χ0) is 25.4. The lowest BCUT2D eigenvalue weighted by atomic mass is 9.75. The summed E-state index contributed by atoms with van der Waals surface area (Å²) in [5, 5.41) is 3.21. The molecule has 0 amide bonds. The largest absolute Gasteiger partial charge is 0.294 e. The maximum atomic E-state index is 14.2. The van der Waals surface area contributed by atoms with Gasteiger partial charge in [0, 0.05) is 38.5 Å². The summed E-state index contributed by atoms with van der Waals surface area (Å²) in [6.07, 6.45) is 2.15. The molecule has 7 heteroatoms. The van der Waals surface area contributed by atoms with Gasteiger partial charge in [0.15, 0.2) is 5.78 Å². The number of carbonyl (C=O) groups is 1. The van der Waals surface area contributed by atoms with E-state index in [1.54, 1.807) is 22.4 Å². The van der Waals surface area contributed by atoms with Crippen LogP contribution in [0.2, 0.25) is 5.02 Å². The van der Waals surface area contributed by atoms with Crippen LogP contribution in [0.25, 0.3) is 27.5 Å². The van der Waals surface area contributed by atoms with E-state index >= 15 is 0 Å². The predicted octanol–water partition coefficient (Wildman–Crippen LogP) is 7.94. The molecule has 0 saturated carbocycles. The molecule has 1 aliphatic carbocycles. The molecular weight excluding hydrogens is 508 g/mol. The van der Waals surface area contributed by atoms with Gasteiger partial charge in [-0.25, -0.2) is 4.98 Å². The van der Waals surface area contributed by atoms with Crippen LogP contribution in [0.4, 0.5) is 0 Å². The summed E-state index contributed by atoms with van der Waals surface area (Å²) in [4.78, 5) is 33.3. The molecule has 36 heavy (non-hydrogen) atoms. The Morgan fingerprint density at radius 3 is 2.56 bits per heavy atom. The molecule has 0 radical (unpaired) electrons. The number of ketones is 1. The summed E-state index contributed by atoms with van der Waals surface area (Å²) in [5.41, 5.74) is 4.07. The molecule has 0 N–H and O–H groups in total. The van der Waals surface area contributed by atoms with Crippen LogP contribution in [0.15, 0.2) is 69.7 Å². The summed E-state index contributed by atoms with van der Waals surface area (Å²) < 4.78 is 1.78. The first-order valence-corrected chi connectivity index (χ1v) is 14.3. The number of hydrogen-bond acceptors (Lipinski definition) is 5. The molecule has 0 saturated heterocycles. The topological polar surface area (TPSA) is 52.0 Å². The van der Waals surface area contributed by atoms with Crippen LogP contribution in [0.3, 0.4) is 0 Å². The first-order chi connectivity index (χ1) is 17.3. The molecule has 4 aromatic rings. The molecule has 1 aliphatic rings. The monoisotopic (exact) mass is 534 g/mol. The highest BCUT2D eigenvalue weighted by atomic mass is 35.5. The summed E-state index contributed by atoms with van der Waals surface area (Å²) in [6.45, 7) is 6.33. The average Bonchev–Trinajstić information content (AvgIpc) is 3.33. The average molecular weight is 535 g/mol. The van der Waals surface area contributed by atoms with Crippen molar-refractivity contribution in [3.05, 3.63) is 86.6 Å². The zero-order valence-corrected chi connectivity index (χ0v) is 22.9. The van der Waals surface area contributed by atoms with Gasteiger partial charge in [-0.05, 0) is 54.3 Å². The molecule has 184 valence electrons. The lowest BCUT2D eigenvalue weighted by molar-refractivity contribution is 0.0909. The van der Waals surface area contributed by atoms with Gasteiger partial charge < -0.3 is 0 Å². The maximum Gasteiger partial charge on any atom is 0.265 e. The highest BCUT2D eigenvalue weighted by Gasteiger charge is 2.35. The van der Waals surface area contributed by atoms with Crippen LogP contribution in [-0.2, 0) is 6.42 Å². The SMILES string of the molecule is CCCSc1ccccc1-n1c2c(cc(-c3nc(-c4ccc(Cl)cc4)cs3)c1=O)C(=O)CC(C)(C)C2. The number of hydrogen-bond donors (Lipinski definition) is 0. The third-order valence-electron chi connectivity index (χ3n) is 6.33. The minimum absolute atomic E-state index is 0.0735. The van der Waals surface area contributed by atoms with Crippen LogP contribution in [0, 0.1) is 5.41 Å². The lowest BCUT2D eigenvalue weighted by Gasteiger charge is -2.32. The molecule has 0 unspecified atom stereocenters. The fraction of sp³-hybridized carbons (Fsp3) is 0.276. The van der Waals surface area contributed by atoms with Gasteiger partial charge in [-0.15, -0.1) is 23.1 Å². The van der Waals surface area contributed by atoms with Crippen molar-refractivity contribution in [2.24, 2.45) is 5.41 Å². The van der Waals surface area contributed by atoms with E-state index in [9.17, 15) is 9.59 Å². The van der Waals surface area contributed by atoms with Gasteiger partial charge >= 0.3 is 0 Å². The van der Waals surface area contributed by atoms with E-state index in [0.717, 1.165) is 39.7 Å². The molecule has 5 rings (SSSR count). The van der Waals surface area contributed by atoms with E-state index in [-0.39, 0.29) is 16.8 Å². The molecule has 0 atom stereocenters. The summed E-state index contributed by atoms with van der Waals surface area (Å²) in [6, 6.07) is 17.2. The van der Waals surface area contributed by atoms with E-state index in [1.807, 2.05) is 47.8 Å². The van der Waals surface area contributed by atoms with Crippen molar-refractivity contribution >= 4 is 40.5 Å². The number of Topliss-reactive ketones (excluding diaryl/α,β-unsaturated/α-hetero) is 1. The van der Waals surface area contributed by atoms with Crippen molar-refractivity contribution in [1.82, 2.24) is 9.55 Å². The molecule has 2 aromatic heterocycles. The molecule has 0 bridgehead atoms. The fourth-order valence-corrected chi connectivity index (χ4v) is 6.52. The second-order valence-electron chi connectivity index (χ2n) is 9.86. The van der Waals surface area contributed by atoms with Crippen LogP contribution in [0.5, 0.6) is 0 Å². The number of halogens is 1. The summed E-state index contributed by atoms with van der Waals surface area (Å²) >= 11 is 9.20. The van der Waals surface area contributed by atoms with Crippen LogP contribution < -0.4 is 5.56 Å². The van der Waals surface area contributed by atoms with Gasteiger partial charge in [-0.1, -0.05) is 56.6 Å². The molecule has 4 nitrogen and oxygen atoms in total. The number of fused-ring (bicyclic) bond motifs is 1. The Bertz CT molecular complexity index is 1500. The van der Waals surface area contributed by atoms with Crippen molar-refractivity contribution in [2.75, 3.05) is 5.75 Å². The number of pyridine rings is 1. The summed E-state index contributed by atoms with van der Waals surface area (Å²) in [5.74, 6) is 1.03. The molecule has 0 aliphatic heterocycles. The first kappa shape index (κ1) is 25.0. The zero-order valence-electron chi connectivity index (χ0n) is 20.5. The Labute approximate surface area is 224 Å². The molecule has 2 aromatic carbocycles. The fourth-order valence-electron chi connectivity index (χ4n) is 4.65. The molecule has 0 fully saturated rings. The number of thiazole rings is 1. The standard InChI is InChI=1S/C29H27ClN2O2S2/c1-4-13-35-26-8-6-5-7-23(26)32-24-15-29(2,3)16-25(33)20(24)14-21(28(32)34)27-31-22(17-36-27)18-9-11-19(30)12-10-18/h5-12,14,17H,4,13,15-16H2,1-3H3. The Hall–Kier alpha value is -2.67. The van der Waals surface area contributed by atoms with Crippen molar-refractivity contribution < 1.29 is 4.79 Å². The van der Waals surface area contributed by atoms with Crippen molar-refractivity contribution in [3.63, 3.8) is 0 Å².